The van der Waals surface area contributed by atoms with E-state index in [9.17, 15) is 4.79 Å². The fraction of sp³-hybridized carbons (Fsp3) is 0.533. The van der Waals surface area contributed by atoms with E-state index in [0.29, 0.717) is 6.54 Å². The lowest BCUT2D eigenvalue weighted by atomic mass is 9.95. The molecule has 112 valence electrons. The lowest BCUT2D eigenvalue weighted by Crippen LogP contribution is -2.37. The van der Waals surface area contributed by atoms with Crippen LogP contribution in [0.2, 0.25) is 0 Å². The summed E-state index contributed by atoms with van der Waals surface area (Å²) in [6.45, 7) is 8.56. The summed E-state index contributed by atoms with van der Waals surface area (Å²) in [4.78, 5) is 26.5. The molecule has 0 unspecified atom stereocenters. The molecule has 0 atom stereocenters. The maximum atomic E-state index is 12.3. The third-order valence-corrected chi connectivity index (χ3v) is 4.36. The van der Waals surface area contributed by atoms with Gasteiger partial charge in [0.25, 0.3) is 5.56 Å². The van der Waals surface area contributed by atoms with E-state index < -0.39 is 0 Å². The number of rotatable bonds is 2. The first-order valence-electron chi connectivity index (χ1n) is 7.15. The third kappa shape index (κ3) is 3.06. The van der Waals surface area contributed by atoms with E-state index in [1.807, 2.05) is 5.51 Å². The number of fused-ring (bicyclic) bond motifs is 1. The van der Waals surface area contributed by atoms with Gasteiger partial charge in [-0.2, -0.15) is 0 Å². The lowest BCUT2D eigenvalue weighted by Gasteiger charge is -2.28. The van der Waals surface area contributed by atoms with E-state index >= 15 is 0 Å². The normalized spacial score (nSPS) is 16.0. The molecule has 0 aliphatic carbocycles. The van der Waals surface area contributed by atoms with Crippen LogP contribution in [0.3, 0.4) is 0 Å². The third-order valence-electron chi connectivity index (χ3n) is 3.73. The van der Waals surface area contributed by atoms with Crippen molar-refractivity contribution < 1.29 is 0 Å². The first-order chi connectivity index (χ1) is 9.93. The molecule has 3 rings (SSSR count). The molecule has 6 heteroatoms. The van der Waals surface area contributed by atoms with Gasteiger partial charge in [0.1, 0.15) is 5.82 Å². The Labute approximate surface area is 128 Å². The van der Waals surface area contributed by atoms with Gasteiger partial charge in [-0.25, -0.2) is 9.97 Å². The van der Waals surface area contributed by atoms with Crippen LogP contribution in [0.1, 0.15) is 43.5 Å². The van der Waals surface area contributed by atoms with Crippen LogP contribution in [0.5, 0.6) is 0 Å². The number of nitrogens with zero attached hydrogens (tertiary/aromatic N) is 3. The van der Waals surface area contributed by atoms with Gasteiger partial charge in [0.05, 0.1) is 22.5 Å². The molecular weight excluding hydrogens is 284 g/mol. The SMILES string of the molecule is CC(C)(C)c1nc2c(c(=O)[nH]1)CN(Cc1cscn1)CC2. The fourth-order valence-electron chi connectivity index (χ4n) is 2.52. The summed E-state index contributed by atoms with van der Waals surface area (Å²) < 4.78 is 0. The van der Waals surface area contributed by atoms with Gasteiger partial charge in [0.15, 0.2) is 0 Å². The molecule has 0 amide bonds. The number of aromatic amines is 1. The van der Waals surface area contributed by atoms with Crippen LogP contribution in [0, 0.1) is 0 Å². The number of aromatic nitrogens is 3. The molecule has 0 saturated heterocycles. The minimum atomic E-state index is -0.133. The van der Waals surface area contributed by atoms with Gasteiger partial charge in [-0.15, -0.1) is 11.3 Å². The van der Waals surface area contributed by atoms with Crippen molar-refractivity contribution in [3.05, 3.63) is 44.0 Å². The molecule has 0 saturated carbocycles. The standard InChI is InChI=1S/C15H20N4OS/c1-15(2,3)14-17-12-4-5-19(6-10-8-21-9-16-10)7-11(12)13(20)18-14/h8-9H,4-7H2,1-3H3,(H,17,18,20). The van der Waals surface area contributed by atoms with Gasteiger partial charge in [0.2, 0.25) is 0 Å². The topological polar surface area (TPSA) is 61.9 Å². The van der Waals surface area contributed by atoms with Crippen LogP contribution in [0.4, 0.5) is 0 Å². The van der Waals surface area contributed by atoms with Crippen LogP contribution in [-0.4, -0.2) is 26.4 Å². The second kappa shape index (κ2) is 5.35. The zero-order valence-corrected chi connectivity index (χ0v) is 13.5. The van der Waals surface area contributed by atoms with Crippen LogP contribution in [0.25, 0.3) is 0 Å². The molecule has 1 aliphatic heterocycles. The molecule has 1 N–H and O–H groups in total. The quantitative estimate of drug-likeness (QED) is 0.923. The van der Waals surface area contributed by atoms with E-state index in [0.717, 1.165) is 42.3 Å². The number of H-pyrrole nitrogens is 1. The van der Waals surface area contributed by atoms with E-state index in [2.05, 4.69) is 46.0 Å². The van der Waals surface area contributed by atoms with E-state index in [1.54, 1.807) is 11.3 Å². The predicted octanol–water partition coefficient (Wildman–Crippen LogP) is 2.08. The number of thiazole rings is 1. The van der Waals surface area contributed by atoms with Crippen LogP contribution in [-0.2, 0) is 24.9 Å². The van der Waals surface area contributed by atoms with Crippen LogP contribution in [0.15, 0.2) is 15.7 Å². The lowest BCUT2D eigenvalue weighted by molar-refractivity contribution is 0.238. The van der Waals surface area contributed by atoms with Crippen molar-refractivity contribution in [1.82, 2.24) is 19.9 Å². The Morgan fingerprint density at radius 3 is 2.90 bits per heavy atom. The highest BCUT2D eigenvalue weighted by molar-refractivity contribution is 7.07. The van der Waals surface area contributed by atoms with E-state index in [4.69, 9.17) is 0 Å². The molecule has 2 aromatic heterocycles. The average Bonchev–Trinajstić information content (AvgIpc) is 2.91. The zero-order chi connectivity index (χ0) is 15.0. The van der Waals surface area contributed by atoms with Gasteiger partial charge < -0.3 is 4.98 Å². The summed E-state index contributed by atoms with van der Waals surface area (Å²) >= 11 is 1.60. The molecule has 5 nitrogen and oxygen atoms in total. The Balaban J connectivity index is 1.85. The van der Waals surface area contributed by atoms with Crippen LogP contribution < -0.4 is 5.56 Å². The van der Waals surface area contributed by atoms with Gasteiger partial charge >= 0.3 is 0 Å². The Kier molecular flexibility index (Phi) is 3.67. The number of hydrogen-bond acceptors (Lipinski definition) is 5. The smallest absolute Gasteiger partial charge is 0.255 e. The van der Waals surface area contributed by atoms with Crippen molar-refractivity contribution in [3.63, 3.8) is 0 Å². The highest BCUT2D eigenvalue weighted by Crippen LogP contribution is 2.21. The first-order valence-corrected chi connectivity index (χ1v) is 8.10. The average molecular weight is 304 g/mol. The highest BCUT2D eigenvalue weighted by Gasteiger charge is 2.24. The Morgan fingerprint density at radius 1 is 1.43 bits per heavy atom. The van der Waals surface area contributed by atoms with Crippen molar-refractivity contribution >= 4 is 11.3 Å². The maximum absolute atomic E-state index is 12.3. The van der Waals surface area contributed by atoms with Gasteiger partial charge in [0, 0.05) is 36.9 Å². The fourth-order valence-corrected chi connectivity index (χ4v) is 3.07. The molecular formula is C15H20N4OS. The summed E-state index contributed by atoms with van der Waals surface area (Å²) in [5.74, 6) is 0.777. The summed E-state index contributed by atoms with van der Waals surface area (Å²) in [6.07, 6.45) is 0.826. The number of hydrogen-bond donors (Lipinski definition) is 1. The minimum absolute atomic E-state index is 0.00732. The Morgan fingerprint density at radius 2 is 2.24 bits per heavy atom. The minimum Gasteiger partial charge on any atom is -0.310 e. The molecule has 0 fully saturated rings. The molecule has 21 heavy (non-hydrogen) atoms. The Bertz CT molecular complexity index is 685. The summed E-state index contributed by atoms with van der Waals surface area (Å²) in [7, 11) is 0. The summed E-state index contributed by atoms with van der Waals surface area (Å²) in [5.41, 5.74) is 4.55. The van der Waals surface area contributed by atoms with Crippen molar-refractivity contribution in [2.75, 3.05) is 6.54 Å². The summed E-state index contributed by atoms with van der Waals surface area (Å²) in [5, 5.41) is 2.06. The first kappa shape index (κ1) is 14.4. The largest absolute Gasteiger partial charge is 0.310 e. The predicted molar refractivity (Wildman–Crippen MR) is 83.5 cm³/mol. The molecule has 2 aromatic rings. The molecule has 0 spiro atoms. The van der Waals surface area contributed by atoms with Crippen LogP contribution >= 0.6 is 11.3 Å². The van der Waals surface area contributed by atoms with Gasteiger partial charge in [-0.05, 0) is 0 Å². The van der Waals surface area contributed by atoms with Gasteiger partial charge in [-0.3, -0.25) is 9.69 Å². The molecule has 0 radical (unpaired) electrons. The summed E-state index contributed by atoms with van der Waals surface area (Å²) in [6, 6.07) is 0. The molecule has 0 aromatic carbocycles. The van der Waals surface area contributed by atoms with Crippen molar-refractivity contribution in [1.29, 1.82) is 0 Å². The monoisotopic (exact) mass is 304 g/mol. The van der Waals surface area contributed by atoms with Crippen molar-refractivity contribution in [2.24, 2.45) is 0 Å². The second-order valence-corrected chi connectivity index (χ2v) is 7.25. The van der Waals surface area contributed by atoms with Crippen molar-refractivity contribution in [2.45, 2.75) is 45.7 Å². The van der Waals surface area contributed by atoms with E-state index in [-0.39, 0.29) is 11.0 Å². The second-order valence-electron chi connectivity index (χ2n) is 6.53. The van der Waals surface area contributed by atoms with Gasteiger partial charge in [-0.1, -0.05) is 20.8 Å². The Hall–Kier alpha value is -1.53. The maximum Gasteiger partial charge on any atom is 0.255 e. The zero-order valence-electron chi connectivity index (χ0n) is 12.6. The molecule has 3 heterocycles. The molecule has 1 aliphatic rings. The number of nitrogens with one attached hydrogen (secondary N) is 1. The highest BCUT2D eigenvalue weighted by atomic mass is 32.1. The molecule has 0 bridgehead atoms. The van der Waals surface area contributed by atoms with E-state index in [1.165, 1.54) is 0 Å². The van der Waals surface area contributed by atoms with Crippen molar-refractivity contribution in [3.8, 4) is 0 Å².